The van der Waals surface area contributed by atoms with E-state index in [0.29, 0.717) is 5.92 Å². The van der Waals surface area contributed by atoms with E-state index in [1.807, 2.05) is 6.07 Å². The molecule has 82 valence electrons. The van der Waals surface area contributed by atoms with Crippen LogP contribution < -0.4 is 5.32 Å². The summed E-state index contributed by atoms with van der Waals surface area (Å²) < 4.78 is 25.0. The van der Waals surface area contributed by atoms with Crippen LogP contribution in [0.5, 0.6) is 0 Å². The van der Waals surface area contributed by atoms with Crippen LogP contribution in [0.4, 0.5) is 8.78 Å². The van der Waals surface area contributed by atoms with Gasteiger partial charge in [0.25, 0.3) is 6.43 Å². The highest BCUT2D eigenvalue weighted by molar-refractivity contribution is 5.27. The summed E-state index contributed by atoms with van der Waals surface area (Å²) in [7, 11) is 0. The first kappa shape index (κ1) is 10.6. The molecule has 1 aliphatic rings. The lowest BCUT2D eigenvalue weighted by Gasteiger charge is -2.16. The van der Waals surface area contributed by atoms with Gasteiger partial charge < -0.3 is 5.32 Å². The molecule has 0 bridgehead atoms. The fraction of sp³-hybridized carbons (Fsp3) is 0.500. The minimum absolute atomic E-state index is 0.119. The van der Waals surface area contributed by atoms with Crippen molar-refractivity contribution in [2.24, 2.45) is 5.92 Å². The standard InChI is InChI=1S/C12H15F2N/c1-8-5-6-15-11(8)9-3-2-4-10(7-9)12(13)14/h2-4,7-8,11-12,15H,5-6H2,1H3. The highest BCUT2D eigenvalue weighted by Crippen LogP contribution is 2.30. The lowest BCUT2D eigenvalue weighted by Crippen LogP contribution is -2.16. The molecule has 0 aliphatic carbocycles. The van der Waals surface area contributed by atoms with Gasteiger partial charge in [-0.15, -0.1) is 0 Å². The van der Waals surface area contributed by atoms with Crippen LogP contribution in [-0.2, 0) is 0 Å². The smallest absolute Gasteiger partial charge is 0.263 e. The van der Waals surface area contributed by atoms with Crippen LogP contribution in [0.1, 0.15) is 36.9 Å². The van der Waals surface area contributed by atoms with Crippen molar-refractivity contribution in [2.45, 2.75) is 25.8 Å². The van der Waals surface area contributed by atoms with Gasteiger partial charge in [0.05, 0.1) is 0 Å². The molecular formula is C12H15F2N. The Balaban J connectivity index is 2.24. The first-order chi connectivity index (χ1) is 7.18. The van der Waals surface area contributed by atoms with Crippen molar-refractivity contribution in [1.29, 1.82) is 0 Å². The molecule has 3 heteroatoms. The molecule has 2 rings (SSSR count). The van der Waals surface area contributed by atoms with E-state index >= 15 is 0 Å². The molecule has 1 aromatic rings. The van der Waals surface area contributed by atoms with Crippen molar-refractivity contribution < 1.29 is 8.78 Å². The zero-order valence-electron chi connectivity index (χ0n) is 8.71. The summed E-state index contributed by atoms with van der Waals surface area (Å²) in [6.07, 6.45) is -1.26. The molecule has 1 N–H and O–H groups in total. The van der Waals surface area contributed by atoms with Gasteiger partial charge in [-0.05, 0) is 30.5 Å². The Labute approximate surface area is 88.5 Å². The van der Waals surface area contributed by atoms with Gasteiger partial charge in [-0.1, -0.05) is 25.1 Å². The van der Waals surface area contributed by atoms with Gasteiger partial charge in [0, 0.05) is 11.6 Å². The van der Waals surface area contributed by atoms with Gasteiger partial charge in [-0.3, -0.25) is 0 Å². The van der Waals surface area contributed by atoms with Crippen LogP contribution in [0.3, 0.4) is 0 Å². The average Bonchev–Trinajstić information content (AvgIpc) is 2.64. The van der Waals surface area contributed by atoms with Gasteiger partial charge in [0.15, 0.2) is 0 Å². The van der Waals surface area contributed by atoms with Crippen LogP contribution in [0.25, 0.3) is 0 Å². The molecule has 1 nitrogen and oxygen atoms in total. The predicted octanol–water partition coefficient (Wildman–Crippen LogP) is 3.29. The number of hydrogen-bond donors (Lipinski definition) is 1. The predicted molar refractivity (Wildman–Crippen MR) is 55.9 cm³/mol. The summed E-state index contributed by atoms with van der Waals surface area (Å²) in [5, 5.41) is 3.34. The summed E-state index contributed by atoms with van der Waals surface area (Å²) in [4.78, 5) is 0. The molecule has 1 heterocycles. The van der Waals surface area contributed by atoms with Gasteiger partial charge in [-0.25, -0.2) is 8.78 Å². The molecule has 1 fully saturated rings. The highest BCUT2D eigenvalue weighted by atomic mass is 19.3. The summed E-state index contributed by atoms with van der Waals surface area (Å²) in [5.74, 6) is 0.526. The topological polar surface area (TPSA) is 12.0 Å². The maximum atomic E-state index is 12.5. The molecule has 0 radical (unpaired) electrons. The SMILES string of the molecule is CC1CCNC1c1cccc(C(F)F)c1. The number of alkyl halides is 2. The van der Waals surface area contributed by atoms with Crippen molar-refractivity contribution >= 4 is 0 Å². The molecule has 1 aromatic carbocycles. The Morgan fingerprint density at radius 3 is 2.80 bits per heavy atom. The van der Waals surface area contributed by atoms with E-state index < -0.39 is 6.43 Å². The molecule has 1 aliphatic heterocycles. The Morgan fingerprint density at radius 2 is 2.20 bits per heavy atom. The molecule has 0 amide bonds. The monoisotopic (exact) mass is 211 g/mol. The van der Waals surface area contributed by atoms with Crippen LogP contribution in [0.15, 0.2) is 24.3 Å². The third kappa shape index (κ3) is 2.17. The number of benzene rings is 1. The quantitative estimate of drug-likeness (QED) is 0.791. The maximum Gasteiger partial charge on any atom is 0.263 e. The second-order valence-corrected chi connectivity index (χ2v) is 4.17. The van der Waals surface area contributed by atoms with Crippen LogP contribution in [-0.4, -0.2) is 6.54 Å². The van der Waals surface area contributed by atoms with Crippen molar-refractivity contribution in [3.8, 4) is 0 Å². The third-order valence-electron chi connectivity index (χ3n) is 3.05. The van der Waals surface area contributed by atoms with Crippen LogP contribution in [0, 0.1) is 5.92 Å². The maximum absolute atomic E-state index is 12.5. The molecule has 0 saturated carbocycles. The van der Waals surface area contributed by atoms with E-state index in [-0.39, 0.29) is 11.6 Å². The van der Waals surface area contributed by atoms with Gasteiger partial charge in [-0.2, -0.15) is 0 Å². The van der Waals surface area contributed by atoms with Crippen molar-refractivity contribution in [3.05, 3.63) is 35.4 Å². The number of halogens is 2. The van der Waals surface area contributed by atoms with Crippen molar-refractivity contribution in [3.63, 3.8) is 0 Å². The lowest BCUT2D eigenvalue weighted by molar-refractivity contribution is 0.151. The van der Waals surface area contributed by atoms with Crippen LogP contribution in [0.2, 0.25) is 0 Å². The second-order valence-electron chi connectivity index (χ2n) is 4.17. The fourth-order valence-electron chi connectivity index (χ4n) is 2.17. The van der Waals surface area contributed by atoms with Gasteiger partial charge in [0.2, 0.25) is 0 Å². The largest absolute Gasteiger partial charge is 0.310 e. The summed E-state index contributed by atoms with van der Waals surface area (Å²) in [6, 6.07) is 6.97. The molecule has 1 saturated heterocycles. The molecular weight excluding hydrogens is 196 g/mol. The van der Waals surface area contributed by atoms with Crippen LogP contribution >= 0.6 is 0 Å². The van der Waals surface area contributed by atoms with E-state index in [1.54, 1.807) is 12.1 Å². The zero-order chi connectivity index (χ0) is 10.8. The molecule has 2 atom stereocenters. The lowest BCUT2D eigenvalue weighted by atomic mass is 9.95. The molecule has 0 aromatic heterocycles. The van der Waals surface area contributed by atoms with E-state index in [2.05, 4.69) is 12.2 Å². The Bertz CT molecular complexity index is 338. The molecule has 2 unspecified atom stereocenters. The van der Waals surface area contributed by atoms with E-state index in [4.69, 9.17) is 0 Å². The average molecular weight is 211 g/mol. The number of rotatable bonds is 2. The normalized spacial score (nSPS) is 26.1. The van der Waals surface area contributed by atoms with Crippen molar-refractivity contribution in [2.75, 3.05) is 6.54 Å². The summed E-state index contributed by atoms with van der Waals surface area (Å²) in [5.41, 5.74) is 1.10. The number of nitrogens with one attached hydrogen (secondary N) is 1. The van der Waals surface area contributed by atoms with E-state index in [0.717, 1.165) is 18.5 Å². The minimum atomic E-state index is -2.37. The Morgan fingerprint density at radius 1 is 1.40 bits per heavy atom. The summed E-state index contributed by atoms with van der Waals surface area (Å²) >= 11 is 0. The van der Waals surface area contributed by atoms with E-state index in [9.17, 15) is 8.78 Å². The van der Waals surface area contributed by atoms with Gasteiger partial charge >= 0.3 is 0 Å². The van der Waals surface area contributed by atoms with Gasteiger partial charge in [0.1, 0.15) is 0 Å². The first-order valence-corrected chi connectivity index (χ1v) is 5.30. The molecule has 15 heavy (non-hydrogen) atoms. The Kier molecular flexibility index (Phi) is 3.00. The second kappa shape index (κ2) is 4.27. The third-order valence-corrected chi connectivity index (χ3v) is 3.05. The van der Waals surface area contributed by atoms with Crippen molar-refractivity contribution in [1.82, 2.24) is 5.32 Å². The summed E-state index contributed by atoms with van der Waals surface area (Å²) in [6.45, 7) is 3.13. The first-order valence-electron chi connectivity index (χ1n) is 5.30. The van der Waals surface area contributed by atoms with E-state index in [1.165, 1.54) is 6.07 Å². The Hall–Kier alpha value is -0.960. The molecule has 0 spiro atoms. The fourth-order valence-corrected chi connectivity index (χ4v) is 2.17. The minimum Gasteiger partial charge on any atom is -0.310 e. The number of hydrogen-bond acceptors (Lipinski definition) is 1. The highest BCUT2D eigenvalue weighted by Gasteiger charge is 2.24. The zero-order valence-corrected chi connectivity index (χ0v) is 8.71.